The van der Waals surface area contributed by atoms with E-state index >= 15 is 0 Å². The second kappa shape index (κ2) is 4.35. The Balaban J connectivity index is 3.68. The van der Waals surface area contributed by atoms with Crippen LogP contribution in [0.25, 0.3) is 0 Å². The third kappa shape index (κ3) is 7.40. The van der Waals surface area contributed by atoms with E-state index in [9.17, 15) is 9.59 Å². The van der Waals surface area contributed by atoms with Gasteiger partial charge in [0.25, 0.3) is 0 Å². The predicted molar refractivity (Wildman–Crippen MR) is 48.2 cm³/mol. The molecule has 0 rings (SSSR count). The van der Waals surface area contributed by atoms with E-state index in [4.69, 9.17) is 4.74 Å². The first-order chi connectivity index (χ1) is 5.31. The van der Waals surface area contributed by atoms with Gasteiger partial charge in [-0.3, -0.25) is 4.79 Å². The lowest BCUT2D eigenvalue weighted by atomic mass is 10.2. The van der Waals surface area contributed by atoms with Crippen LogP contribution in [0.2, 0.25) is 0 Å². The van der Waals surface area contributed by atoms with Gasteiger partial charge in [0.1, 0.15) is 5.60 Å². The topological polar surface area (TPSA) is 55.4 Å². The van der Waals surface area contributed by atoms with E-state index in [0.29, 0.717) is 0 Å². The minimum atomic E-state index is -0.607. The van der Waals surface area contributed by atoms with E-state index in [1.165, 1.54) is 0 Å². The second-order valence-corrected chi connectivity index (χ2v) is 3.75. The number of hydrogen-bond donors (Lipinski definition) is 2. The van der Waals surface area contributed by atoms with E-state index in [1.807, 2.05) is 0 Å². The van der Waals surface area contributed by atoms with Gasteiger partial charge in [-0.25, -0.2) is 4.79 Å². The first-order valence-corrected chi connectivity index (χ1v) is 3.94. The Kier molecular flexibility index (Phi) is 4.09. The fourth-order valence-corrected chi connectivity index (χ4v) is 0.541. The van der Waals surface area contributed by atoms with E-state index in [0.717, 1.165) is 0 Å². The zero-order chi connectivity index (χ0) is 9.78. The number of carbonyl (C=O) groups excluding carboxylic acids is 2. The van der Waals surface area contributed by atoms with Crippen molar-refractivity contribution < 1.29 is 14.3 Å². The standard InChI is InChI=1S/C7H13NO3S/c1-7(2,3)11-6(10)8-4-5(9)12/h4H2,1-3H3,(H,8,10)(H,9,12). The first-order valence-electron chi connectivity index (χ1n) is 3.50. The highest BCUT2D eigenvalue weighted by Gasteiger charge is 2.15. The summed E-state index contributed by atoms with van der Waals surface area (Å²) in [5.74, 6) is 0. The van der Waals surface area contributed by atoms with Gasteiger partial charge in [-0.1, -0.05) is 0 Å². The number of nitrogens with one attached hydrogen (secondary N) is 1. The van der Waals surface area contributed by atoms with Crippen LogP contribution in [0.5, 0.6) is 0 Å². The molecule has 0 atom stereocenters. The number of rotatable bonds is 2. The molecular formula is C7H13NO3S. The van der Waals surface area contributed by atoms with Crippen LogP contribution in [0.1, 0.15) is 20.8 Å². The Labute approximate surface area is 77.1 Å². The zero-order valence-electron chi connectivity index (χ0n) is 7.38. The average molecular weight is 191 g/mol. The van der Waals surface area contributed by atoms with Crippen molar-refractivity contribution in [2.75, 3.05) is 6.54 Å². The van der Waals surface area contributed by atoms with Crippen molar-refractivity contribution in [3.05, 3.63) is 0 Å². The molecule has 0 spiro atoms. The molecule has 0 saturated carbocycles. The second-order valence-electron chi connectivity index (χ2n) is 3.25. The van der Waals surface area contributed by atoms with Crippen LogP contribution in [0, 0.1) is 0 Å². The van der Waals surface area contributed by atoms with Crippen LogP contribution in [-0.2, 0) is 9.53 Å². The maximum absolute atomic E-state index is 10.8. The molecule has 0 aromatic heterocycles. The fourth-order valence-electron chi connectivity index (χ4n) is 0.462. The highest BCUT2D eigenvalue weighted by atomic mass is 32.1. The van der Waals surface area contributed by atoms with Crippen molar-refractivity contribution in [2.24, 2.45) is 0 Å². The molecule has 70 valence electrons. The van der Waals surface area contributed by atoms with Gasteiger partial charge in [0, 0.05) is 0 Å². The van der Waals surface area contributed by atoms with Gasteiger partial charge in [0.15, 0.2) is 0 Å². The van der Waals surface area contributed by atoms with Crippen molar-refractivity contribution in [2.45, 2.75) is 26.4 Å². The number of amides is 1. The molecule has 12 heavy (non-hydrogen) atoms. The molecule has 0 aliphatic heterocycles. The maximum atomic E-state index is 10.8. The number of thiol groups is 1. The molecule has 0 fully saturated rings. The molecule has 0 heterocycles. The summed E-state index contributed by atoms with van der Waals surface area (Å²) in [5.41, 5.74) is -0.538. The van der Waals surface area contributed by atoms with E-state index in [-0.39, 0.29) is 6.54 Å². The molecule has 1 N–H and O–H groups in total. The highest BCUT2D eigenvalue weighted by molar-refractivity contribution is 7.96. The lowest BCUT2D eigenvalue weighted by Gasteiger charge is -2.19. The van der Waals surface area contributed by atoms with Gasteiger partial charge in [0.2, 0.25) is 5.12 Å². The summed E-state index contributed by atoms with van der Waals surface area (Å²) in [4.78, 5) is 21.2. The van der Waals surface area contributed by atoms with Crippen LogP contribution in [0.4, 0.5) is 4.79 Å². The molecule has 0 aromatic rings. The molecule has 5 heteroatoms. The van der Waals surface area contributed by atoms with Crippen molar-refractivity contribution in [1.29, 1.82) is 0 Å². The monoisotopic (exact) mass is 191 g/mol. The molecule has 0 unspecified atom stereocenters. The first kappa shape index (κ1) is 11.3. The smallest absolute Gasteiger partial charge is 0.408 e. The van der Waals surface area contributed by atoms with E-state index in [1.54, 1.807) is 20.8 Å². The molecule has 0 saturated heterocycles. The lowest BCUT2D eigenvalue weighted by molar-refractivity contribution is -0.110. The summed E-state index contributed by atoms with van der Waals surface area (Å²) in [6.07, 6.45) is -0.607. The van der Waals surface area contributed by atoms with Crippen LogP contribution >= 0.6 is 12.6 Å². The quantitative estimate of drug-likeness (QED) is 0.639. The minimum absolute atomic E-state index is 0.113. The van der Waals surface area contributed by atoms with E-state index in [2.05, 4.69) is 17.9 Å². The summed E-state index contributed by atoms with van der Waals surface area (Å²) in [5, 5.41) is 1.85. The summed E-state index contributed by atoms with van der Waals surface area (Å²) in [6, 6.07) is 0. The Morgan fingerprint density at radius 2 is 1.92 bits per heavy atom. The summed E-state index contributed by atoms with van der Waals surface area (Å²) in [7, 11) is 0. The predicted octanol–water partition coefficient (Wildman–Crippen LogP) is 0.968. The Morgan fingerprint density at radius 3 is 2.25 bits per heavy atom. The number of ether oxygens (including phenoxy) is 1. The van der Waals surface area contributed by atoms with Gasteiger partial charge in [0.05, 0.1) is 6.54 Å². The van der Waals surface area contributed by atoms with Gasteiger partial charge < -0.3 is 10.1 Å². The fraction of sp³-hybridized carbons (Fsp3) is 0.714. The number of carbonyl (C=O) groups is 2. The third-order valence-electron chi connectivity index (χ3n) is 0.783. The third-order valence-corrected chi connectivity index (χ3v) is 0.941. The Bertz CT molecular complexity index is 186. The van der Waals surface area contributed by atoms with Crippen LogP contribution in [0.15, 0.2) is 0 Å². The van der Waals surface area contributed by atoms with Crippen LogP contribution in [-0.4, -0.2) is 23.4 Å². The molecule has 0 aliphatic carbocycles. The number of alkyl carbamates (subject to hydrolysis) is 1. The summed E-state index contributed by atoms with van der Waals surface area (Å²) in [6.45, 7) is 5.12. The van der Waals surface area contributed by atoms with Crippen LogP contribution in [0.3, 0.4) is 0 Å². The zero-order valence-corrected chi connectivity index (χ0v) is 8.27. The van der Waals surface area contributed by atoms with Crippen molar-refractivity contribution in [3.8, 4) is 0 Å². The van der Waals surface area contributed by atoms with Gasteiger partial charge >= 0.3 is 6.09 Å². The molecule has 0 radical (unpaired) electrons. The maximum Gasteiger partial charge on any atom is 0.408 e. The van der Waals surface area contributed by atoms with Crippen molar-refractivity contribution >= 4 is 23.8 Å². The van der Waals surface area contributed by atoms with Crippen molar-refractivity contribution in [1.82, 2.24) is 5.32 Å². The highest BCUT2D eigenvalue weighted by Crippen LogP contribution is 2.05. The molecule has 0 bridgehead atoms. The molecule has 0 aliphatic rings. The lowest BCUT2D eigenvalue weighted by Crippen LogP contribution is -2.34. The molecule has 1 amide bonds. The summed E-state index contributed by atoms with van der Waals surface area (Å²) >= 11 is 3.47. The average Bonchev–Trinajstić information content (AvgIpc) is 1.79. The van der Waals surface area contributed by atoms with Crippen molar-refractivity contribution in [3.63, 3.8) is 0 Å². The largest absolute Gasteiger partial charge is 0.444 e. The van der Waals surface area contributed by atoms with Crippen LogP contribution < -0.4 is 5.32 Å². The molecule has 0 aromatic carbocycles. The Morgan fingerprint density at radius 1 is 1.42 bits per heavy atom. The van der Waals surface area contributed by atoms with E-state index < -0.39 is 16.8 Å². The summed E-state index contributed by atoms with van der Waals surface area (Å²) < 4.78 is 4.85. The minimum Gasteiger partial charge on any atom is -0.444 e. The van der Waals surface area contributed by atoms with Gasteiger partial charge in [-0.2, -0.15) is 0 Å². The van der Waals surface area contributed by atoms with Gasteiger partial charge in [-0.15, -0.1) is 12.6 Å². The normalized spacial score (nSPS) is 10.7. The number of hydrogen-bond acceptors (Lipinski definition) is 3. The SMILES string of the molecule is CC(C)(C)OC(=O)NCC(=O)S. The molecular weight excluding hydrogens is 178 g/mol. The molecule has 4 nitrogen and oxygen atoms in total. The van der Waals surface area contributed by atoms with Gasteiger partial charge in [-0.05, 0) is 20.8 Å². The Hall–Kier alpha value is -0.710.